The van der Waals surface area contributed by atoms with E-state index in [-0.39, 0.29) is 17.9 Å². The Balaban J connectivity index is 1.86. The molecule has 0 atom stereocenters. The number of nitrogens with one attached hydrogen (secondary N) is 2. The molecule has 3 heterocycles. The maximum atomic E-state index is 13.1. The Morgan fingerprint density at radius 3 is 2.90 bits per heavy atom. The van der Waals surface area contributed by atoms with E-state index in [4.69, 9.17) is 4.84 Å². The molecular formula is C22H23N5O4. The van der Waals surface area contributed by atoms with E-state index in [1.165, 1.54) is 6.33 Å². The number of aryl methyl sites for hydroxylation is 1. The zero-order valence-electron chi connectivity index (χ0n) is 17.3. The number of hydrogen-bond acceptors (Lipinski definition) is 6. The molecule has 0 aliphatic heterocycles. The SMILES string of the molecule is CCCCOn1c(=O)c(C(=O)O)c(NCc2cccc3[nH]ccc23)c2c(C)ncnc21. The Bertz CT molecular complexity index is 1320. The molecule has 160 valence electrons. The van der Waals surface area contributed by atoms with Crippen molar-refractivity contribution in [1.29, 1.82) is 0 Å². The molecule has 3 N–H and O–H groups in total. The number of rotatable bonds is 8. The summed E-state index contributed by atoms with van der Waals surface area (Å²) >= 11 is 0. The molecule has 9 nitrogen and oxygen atoms in total. The third-order valence-corrected chi connectivity index (χ3v) is 5.18. The fourth-order valence-corrected chi connectivity index (χ4v) is 3.62. The predicted octanol–water partition coefficient (Wildman–Crippen LogP) is 3.12. The molecule has 0 saturated heterocycles. The highest BCUT2D eigenvalue weighted by atomic mass is 16.7. The highest BCUT2D eigenvalue weighted by molar-refractivity contribution is 6.04. The number of hydrogen-bond donors (Lipinski definition) is 3. The number of carboxylic acid groups (broad SMARTS) is 1. The number of fused-ring (bicyclic) bond motifs is 2. The zero-order chi connectivity index (χ0) is 22.0. The van der Waals surface area contributed by atoms with Crippen LogP contribution in [0.15, 0.2) is 41.6 Å². The van der Waals surface area contributed by atoms with Crippen LogP contribution in [0.2, 0.25) is 0 Å². The van der Waals surface area contributed by atoms with E-state index >= 15 is 0 Å². The van der Waals surface area contributed by atoms with Crippen molar-refractivity contribution >= 4 is 33.6 Å². The van der Waals surface area contributed by atoms with Gasteiger partial charge in [-0.05, 0) is 31.0 Å². The largest absolute Gasteiger partial charge is 0.477 e. The Hall–Kier alpha value is -3.88. The molecule has 0 radical (unpaired) electrons. The van der Waals surface area contributed by atoms with Crippen LogP contribution in [-0.2, 0) is 6.54 Å². The number of aromatic nitrogens is 4. The number of benzene rings is 1. The summed E-state index contributed by atoms with van der Waals surface area (Å²) in [4.78, 5) is 42.4. The van der Waals surface area contributed by atoms with E-state index < -0.39 is 17.1 Å². The summed E-state index contributed by atoms with van der Waals surface area (Å²) in [5.41, 5.74) is 1.74. The van der Waals surface area contributed by atoms with E-state index in [1.54, 1.807) is 6.92 Å². The molecule has 0 bridgehead atoms. The molecule has 0 unspecified atom stereocenters. The van der Waals surface area contributed by atoms with Gasteiger partial charge in [0.05, 0.1) is 16.8 Å². The first kappa shape index (κ1) is 20.4. The van der Waals surface area contributed by atoms with E-state index in [2.05, 4.69) is 20.3 Å². The molecule has 4 rings (SSSR count). The van der Waals surface area contributed by atoms with E-state index in [9.17, 15) is 14.7 Å². The molecule has 31 heavy (non-hydrogen) atoms. The van der Waals surface area contributed by atoms with Gasteiger partial charge in [0.15, 0.2) is 11.2 Å². The highest BCUT2D eigenvalue weighted by Crippen LogP contribution is 2.27. The van der Waals surface area contributed by atoms with Gasteiger partial charge in [-0.25, -0.2) is 14.8 Å². The Morgan fingerprint density at radius 2 is 2.13 bits per heavy atom. The first-order valence-corrected chi connectivity index (χ1v) is 10.1. The van der Waals surface area contributed by atoms with Gasteiger partial charge >= 0.3 is 11.5 Å². The van der Waals surface area contributed by atoms with Crippen LogP contribution < -0.4 is 15.7 Å². The Labute approximate surface area is 177 Å². The molecular weight excluding hydrogens is 398 g/mol. The minimum absolute atomic E-state index is 0.188. The van der Waals surface area contributed by atoms with Crippen LogP contribution in [0.25, 0.3) is 21.9 Å². The van der Waals surface area contributed by atoms with Gasteiger partial charge in [0.1, 0.15) is 12.9 Å². The third kappa shape index (κ3) is 3.70. The third-order valence-electron chi connectivity index (χ3n) is 5.18. The van der Waals surface area contributed by atoms with Gasteiger partial charge in [0, 0.05) is 23.6 Å². The molecule has 0 amide bonds. The molecule has 0 saturated carbocycles. The molecule has 0 aliphatic rings. The number of anilines is 1. The minimum Gasteiger partial charge on any atom is -0.477 e. The highest BCUT2D eigenvalue weighted by Gasteiger charge is 2.25. The summed E-state index contributed by atoms with van der Waals surface area (Å²) in [6.45, 7) is 4.33. The van der Waals surface area contributed by atoms with Crippen LogP contribution in [0, 0.1) is 6.92 Å². The topological polar surface area (TPSA) is 122 Å². The van der Waals surface area contributed by atoms with E-state index in [1.807, 2.05) is 37.4 Å². The summed E-state index contributed by atoms with van der Waals surface area (Å²) in [7, 11) is 0. The fraction of sp³-hybridized carbons (Fsp3) is 0.273. The van der Waals surface area contributed by atoms with Crippen LogP contribution in [-0.4, -0.2) is 37.4 Å². The molecule has 0 fully saturated rings. The lowest BCUT2D eigenvalue weighted by molar-refractivity contribution is 0.0682. The lowest BCUT2D eigenvalue weighted by atomic mass is 10.1. The minimum atomic E-state index is -1.34. The molecule has 0 aliphatic carbocycles. The number of pyridine rings is 1. The number of carbonyl (C=O) groups is 1. The van der Waals surface area contributed by atoms with Crippen LogP contribution in [0.5, 0.6) is 0 Å². The second kappa shape index (κ2) is 8.47. The maximum absolute atomic E-state index is 13.1. The number of carboxylic acids is 1. The molecule has 3 aromatic heterocycles. The van der Waals surface area contributed by atoms with Gasteiger partial charge in [-0.15, -0.1) is 4.73 Å². The van der Waals surface area contributed by atoms with Gasteiger partial charge in [-0.3, -0.25) is 4.79 Å². The number of aromatic carboxylic acids is 1. The second-order valence-electron chi connectivity index (χ2n) is 7.21. The Morgan fingerprint density at radius 1 is 1.29 bits per heavy atom. The number of unbranched alkanes of at least 4 members (excludes halogenated alkanes) is 1. The zero-order valence-corrected chi connectivity index (χ0v) is 17.3. The number of H-pyrrole nitrogens is 1. The summed E-state index contributed by atoms with van der Waals surface area (Å²) < 4.78 is 0.973. The van der Waals surface area contributed by atoms with Crippen molar-refractivity contribution < 1.29 is 14.7 Å². The summed E-state index contributed by atoms with van der Waals surface area (Å²) in [6, 6.07) is 7.78. The van der Waals surface area contributed by atoms with Crippen molar-refractivity contribution in [3.63, 3.8) is 0 Å². The van der Waals surface area contributed by atoms with Crippen LogP contribution >= 0.6 is 0 Å². The van der Waals surface area contributed by atoms with Gasteiger partial charge in [0.25, 0.3) is 0 Å². The van der Waals surface area contributed by atoms with Crippen molar-refractivity contribution in [2.24, 2.45) is 0 Å². The number of nitrogens with zero attached hydrogens (tertiary/aromatic N) is 3. The summed E-state index contributed by atoms with van der Waals surface area (Å²) in [5, 5.41) is 14.5. The smallest absolute Gasteiger partial charge is 0.343 e. The predicted molar refractivity (Wildman–Crippen MR) is 117 cm³/mol. The lowest BCUT2D eigenvalue weighted by Crippen LogP contribution is -2.34. The summed E-state index contributed by atoms with van der Waals surface area (Å²) in [5.74, 6) is -1.34. The average molecular weight is 421 g/mol. The second-order valence-corrected chi connectivity index (χ2v) is 7.21. The van der Waals surface area contributed by atoms with Crippen LogP contribution in [0.3, 0.4) is 0 Å². The first-order chi connectivity index (χ1) is 15.0. The van der Waals surface area contributed by atoms with Gasteiger partial charge < -0.3 is 20.2 Å². The fourth-order valence-electron chi connectivity index (χ4n) is 3.62. The summed E-state index contributed by atoms with van der Waals surface area (Å²) in [6.07, 6.45) is 4.78. The van der Waals surface area contributed by atoms with Crippen LogP contribution in [0.1, 0.15) is 41.4 Å². The van der Waals surface area contributed by atoms with Crippen molar-refractivity contribution in [2.75, 3.05) is 11.9 Å². The normalized spacial score (nSPS) is 11.2. The van der Waals surface area contributed by atoms with Crippen molar-refractivity contribution in [2.45, 2.75) is 33.2 Å². The standard InChI is InChI=1S/C22H23N5O4/c1-3-4-10-31-27-20-17(13(2)25-12-26-20)19(18(21(27)28)22(29)30)24-11-14-6-5-7-16-15(14)8-9-23-16/h5-9,12,23-24H,3-4,10-11H2,1-2H3,(H,29,30). The van der Waals surface area contributed by atoms with Crippen molar-refractivity contribution in [3.8, 4) is 0 Å². The molecule has 1 aromatic carbocycles. The molecule has 9 heteroatoms. The van der Waals surface area contributed by atoms with Gasteiger partial charge in [-0.2, -0.15) is 0 Å². The molecule has 4 aromatic rings. The molecule has 0 spiro atoms. The quantitative estimate of drug-likeness (QED) is 0.374. The first-order valence-electron chi connectivity index (χ1n) is 10.1. The maximum Gasteiger partial charge on any atom is 0.343 e. The lowest BCUT2D eigenvalue weighted by Gasteiger charge is -2.18. The van der Waals surface area contributed by atoms with Crippen molar-refractivity contribution in [1.82, 2.24) is 19.7 Å². The number of aromatic amines is 1. The Kier molecular flexibility index (Phi) is 5.57. The van der Waals surface area contributed by atoms with Crippen LogP contribution in [0.4, 0.5) is 5.69 Å². The monoisotopic (exact) mass is 421 g/mol. The van der Waals surface area contributed by atoms with Gasteiger partial charge in [0.2, 0.25) is 0 Å². The van der Waals surface area contributed by atoms with E-state index in [0.717, 1.165) is 34.0 Å². The average Bonchev–Trinajstić information content (AvgIpc) is 3.23. The van der Waals surface area contributed by atoms with Crippen molar-refractivity contribution in [3.05, 3.63) is 64.0 Å². The van der Waals surface area contributed by atoms with E-state index in [0.29, 0.717) is 17.6 Å². The van der Waals surface area contributed by atoms with Gasteiger partial charge in [-0.1, -0.05) is 25.5 Å².